The molecule has 0 heterocycles. The van der Waals surface area contributed by atoms with Crippen LogP contribution in [0.5, 0.6) is 0 Å². The maximum atomic E-state index is 12.6. The van der Waals surface area contributed by atoms with Crippen molar-refractivity contribution in [2.24, 2.45) is 23.2 Å². The zero-order valence-electron chi connectivity index (χ0n) is 12.2. The van der Waals surface area contributed by atoms with Gasteiger partial charge in [-0.15, -0.1) is 0 Å². The summed E-state index contributed by atoms with van der Waals surface area (Å²) in [5, 5.41) is 0. The molecule has 0 N–H and O–H groups in total. The summed E-state index contributed by atoms with van der Waals surface area (Å²) < 4.78 is 5.87. The number of carbonyl (C=O) groups is 1. The van der Waals surface area contributed by atoms with E-state index in [2.05, 4.69) is 26.0 Å². The molecule has 0 aromatic carbocycles. The van der Waals surface area contributed by atoms with Gasteiger partial charge in [0.1, 0.15) is 6.10 Å². The molecule has 0 spiro atoms. The van der Waals surface area contributed by atoms with Crippen LogP contribution in [-0.4, -0.2) is 12.1 Å². The molecule has 2 bridgehead atoms. The van der Waals surface area contributed by atoms with Gasteiger partial charge in [0.2, 0.25) is 0 Å². The van der Waals surface area contributed by atoms with Gasteiger partial charge < -0.3 is 4.74 Å². The van der Waals surface area contributed by atoms with Crippen LogP contribution in [-0.2, 0) is 9.53 Å². The maximum Gasteiger partial charge on any atom is 0.312 e. The van der Waals surface area contributed by atoms with Gasteiger partial charge in [0.05, 0.1) is 5.41 Å². The Hall–Kier alpha value is -0.790. The van der Waals surface area contributed by atoms with Crippen molar-refractivity contribution in [3.8, 4) is 0 Å². The minimum Gasteiger partial charge on any atom is -0.461 e. The van der Waals surface area contributed by atoms with Gasteiger partial charge in [0.15, 0.2) is 0 Å². The normalized spacial score (nSPS) is 34.7. The van der Waals surface area contributed by atoms with E-state index in [1.165, 1.54) is 38.5 Å². The first-order valence-corrected chi connectivity index (χ1v) is 7.97. The van der Waals surface area contributed by atoms with E-state index < -0.39 is 0 Å². The minimum absolute atomic E-state index is 0.0466. The highest BCUT2D eigenvalue weighted by atomic mass is 16.5. The fourth-order valence-corrected chi connectivity index (χ4v) is 4.15. The highest BCUT2D eigenvalue weighted by Gasteiger charge is 2.43. The maximum absolute atomic E-state index is 12.6. The average Bonchev–Trinajstić information content (AvgIpc) is 3.02. The Balaban J connectivity index is 1.61. The predicted molar refractivity (Wildman–Crippen MR) is 75.6 cm³/mol. The molecule has 2 fully saturated rings. The lowest BCUT2D eigenvalue weighted by atomic mass is 9.71. The highest BCUT2D eigenvalue weighted by Crippen LogP contribution is 2.43. The number of esters is 1. The van der Waals surface area contributed by atoms with Gasteiger partial charge in [0, 0.05) is 5.92 Å². The second-order valence-electron chi connectivity index (χ2n) is 7.28. The van der Waals surface area contributed by atoms with Crippen LogP contribution in [0.3, 0.4) is 0 Å². The summed E-state index contributed by atoms with van der Waals surface area (Å²) in [6, 6.07) is 0. The van der Waals surface area contributed by atoms with Crippen LogP contribution in [0.4, 0.5) is 0 Å². The SMILES string of the molecule is CC(C)(C(=O)OC1CC2C=CC1C2)C1CCCCC1. The molecule has 19 heavy (non-hydrogen) atoms. The quantitative estimate of drug-likeness (QED) is 0.565. The Morgan fingerprint density at radius 1 is 1.11 bits per heavy atom. The van der Waals surface area contributed by atoms with Crippen molar-refractivity contribution in [1.29, 1.82) is 0 Å². The molecule has 0 aliphatic heterocycles. The number of hydrogen-bond acceptors (Lipinski definition) is 2. The molecule has 106 valence electrons. The van der Waals surface area contributed by atoms with Crippen molar-refractivity contribution in [1.82, 2.24) is 0 Å². The van der Waals surface area contributed by atoms with Gasteiger partial charge >= 0.3 is 5.97 Å². The topological polar surface area (TPSA) is 26.3 Å². The van der Waals surface area contributed by atoms with Crippen molar-refractivity contribution in [3.05, 3.63) is 12.2 Å². The first-order chi connectivity index (χ1) is 9.07. The van der Waals surface area contributed by atoms with E-state index >= 15 is 0 Å². The van der Waals surface area contributed by atoms with E-state index in [0.717, 1.165) is 6.42 Å². The summed E-state index contributed by atoms with van der Waals surface area (Å²) in [5.41, 5.74) is -0.300. The molecule has 0 amide bonds. The smallest absolute Gasteiger partial charge is 0.312 e. The Labute approximate surface area is 116 Å². The average molecular weight is 262 g/mol. The molecule has 0 aromatic heterocycles. The fraction of sp³-hybridized carbons (Fsp3) is 0.824. The number of ether oxygens (including phenoxy) is 1. The van der Waals surface area contributed by atoms with E-state index in [4.69, 9.17) is 4.74 Å². The Kier molecular flexibility index (Phi) is 3.44. The first kappa shape index (κ1) is 13.2. The van der Waals surface area contributed by atoms with Crippen molar-refractivity contribution >= 4 is 5.97 Å². The van der Waals surface area contributed by atoms with E-state index in [0.29, 0.717) is 17.8 Å². The summed E-state index contributed by atoms with van der Waals surface area (Å²) in [4.78, 5) is 12.6. The predicted octanol–water partition coefficient (Wildman–Crippen LogP) is 4.10. The second kappa shape index (κ2) is 4.96. The molecular formula is C17H26O2. The van der Waals surface area contributed by atoms with E-state index in [1.54, 1.807) is 0 Å². The molecule has 0 aromatic rings. The molecule has 3 aliphatic carbocycles. The van der Waals surface area contributed by atoms with Gasteiger partial charge in [-0.1, -0.05) is 31.4 Å². The van der Waals surface area contributed by atoms with Crippen LogP contribution in [0.1, 0.15) is 58.8 Å². The summed E-state index contributed by atoms with van der Waals surface area (Å²) in [6.07, 6.45) is 13.2. The lowest BCUT2D eigenvalue weighted by molar-refractivity contribution is -0.165. The molecule has 0 saturated heterocycles. The van der Waals surface area contributed by atoms with Crippen molar-refractivity contribution in [2.45, 2.75) is 64.9 Å². The Bertz CT molecular complexity index is 377. The minimum atomic E-state index is -0.300. The molecule has 2 saturated carbocycles. The van der Waals surface area contributed by atoms with Crippen LogP contribution in [0.2, 0.25) is 0 Å². The number of allylic oxidation sites excluding steroid dienone is 1. The molecular weight excluding hydrogens is 236 g/mol. The molecule has 3 rings (SSSR count). The molecule has 0 radical (unpaired) electrons. The molecule has 2 heteroatoms. The summed E-state index contributed by atoms with van der Waals surface area (Å²) in [5.74, 6) is 1.73. The Morgan fingerprint density at radius 3 is 2.42 bits per heavy atom. The summed E-state index contributed by atoms with van der Waals surface area (Å²) >= 11 is 0. The first-order valence-electron chi connectivity index (χ1n) is 7.97. The van der Waals surface area contributed by atoms with E-state index in [9.17, 15) is 4.79 Å². The van der Waals surface area contributed by atoms with Crippen molar-refractivity contribution in [2.75, 3.05) is 0 Å². The van der Waals surface area contributed by atoms with Gasteiger partial charge in [-0.05, 0) is 51.4 Å². The van der Waals surface area contributed by atoms with Crippen LogP contribution < -0.4 is 0 Å². The lowest BCUT2D eigenvalue weighted by Crippen LogP contribution is -2.38. The molecule has 3 aliphatic rings. The van der Waals surface area contributed by atoms with Crippen LogP contribution in [0.15, 0.2) is 12.2 Å². The monoisotopic (exact) mass is 262 g/mol. The van der Waals surface area contributed by atoms with Gasteiger partial charge in [-0.3, -0.25) is 4.79 Å². The zero-order valence-corrected chi connectivity index (χ0v) is 12.2. The second-order valence-corrected chi connectivity index (χ2v) is 7.28. The molecule has 3 unspecified atom stereocenters. The van der Waals surface area contributed by atoms with Crippen LogP contribution >= 0.6 is 0 Å². The molecule has 3 atom stereocenters. The number of hydrogen-bond donors (Lipinski definition) is 0. The third kappa shape index (κ3) is 2.46. The summed E-state index contributed by atoms with van der Waals surface area (Å²) in [7, 11) is 0. The summed E-state index contributed by atoms with van der Waals surface area (Å²) in [6.45, 7) is 4.18. The fourth-order valence-electron chi connectivity index (χ4n) is 4.15. The molecule has 2 nitrogen and oxygen atoms in total. The largest absolute Gasteiger partial charge is 0.461 e. The zero-order chi connectivity index (χ0) is 13.5. The van der Waals surface area contributed by atoms with E-state index in [1.807, 2.05) is 0 Å². The highest BCUT2D eigenvalue weighted by molar-refractivity contribution is 5.76. The number of fused-ring (bicyclic) bond motifs is 2. The number of carbonyl (C=O) groups excluding carboxylic acids is 1. The standard InChI is InChI=1S/C17H26O2/c1-17(2,14-6-4-3-5-7-14)16(18)19-15-11-12-8-9-13(15)10-12/h8-9,12-15H,3-7,10-11H2,1-2H3. The van der Waals surface area contributed by atoms with Gasteiger partial charge in [-0.2, -0.15) is 0 Å². The van der Waals surface area contributed by atoms with Crippen molar-refractivity contribution in [3.63, 3.8) is 0 Å². The third-order valence-corrected chi connectivity index (χ3v) is 5.63. The lowest BCUT2D eigenvalue weighted by Gasteiger charge is -2.36. The van der Waals surface area contributed by atoms with Crippen LogP contribution in [0.25, 0.3) is 0 Å². The Morgan fingerprint density at radius 2 is 1.84 bits per heavy atom. The van der Waals surface area contributed by atoms with Gasteiger partial charge in [0.25, 0.3) is 0 Å². The van der Waals surface area contributed by atoms with Crippen LogP contribution in [0, 0.1) is 23.2 Å². The number of rotatable bonds is 3. The van der Waals surface area contributed by atoms with E-state index in [-0.39, 0.29) is 17.5 Å². The van der Waals surface area contributed by atoms with Crippen molar-refractivity contribution < 1.29 is 9.53 Å². The van der Waals surface area contributed by atoms with Gasteiger partial charge in [-0.25, -0.2) is 0 Å². The third-order valence-electron chi connectivity index (χ3n) is 5.63.